The number of likely N-dealkylation sites (tertiary alicyclic amines) is 2. The number of carbonyl (C=O) groups excluding carboxylic acids is 1. The molecule has 1 aromatic rings. The van der Waals surface area contributed by atoms with Gasteiger partial charge in [0.1, 0.15) is 5.82 Å². The molecule has 0 spiro atoms. The lowest BCUT2D eigenvalue weighted by Crippen LogP contribution is -2.51. The van der Waals surface area contributed by atoms with Crippen molar-refractivity contribution in [3.8, 4) is 0 Å². The maximum atomic E-state index is 13.3. The summed E-state index contributed by atoms with van der Waals surface area (Å²) in [6.07, 6.45) is 12.1. The molecule has 4 heterocycles. The van der Waals surface area contributed by atoms with Gasteiger partial charge in [-0.25, -0.2) is 4.98 Å². The van der Waals surface area contributed by atoms with Crippen LogP contribution in [0.1, 0.15) is 38.5 Å². The molecule has 6 nitrogen and oxygen atoms in total. The Labute approximate surface area is 150 Å². The summed E-state index contributed by atoms with van der Waals surface area (Å²) in [6, 6.07) is 0.984. The molecule has 3 aliphatic heterocycles. The standard InChI is InChI=1S/C19H29N5O/c1-22-10-3-6-16(22)17-7-4-12-24(17)19(25)15-5-2-11-23(14-15)18-13-20-8-9-21-18/h8-9,13,15-17H,2-7,10-12,14H2,1H3. The first kappa shape index (κ1) is 16.8. The number of amides is 1. The SMILES string of the molecule is CN1CCCC1C1CCCN1C(=O)C1CCCN(c2cnccn2)C1. The molecule has 0 N–H and O–H groups in total. The summed E-state index contributed by atoms with van der Waals surface area (Å²) in [5, 5.41) is 0. The number of anilines is 1. The zero-order chi connectivity index (χ0) is 17.2. The Morgan fingerprint density at radius 1 is 1.04 bits per heavy atom. The molecule has 3 unspecified atom stereocenters. The van der Waals surface area contributed by atoms with Gasteiger partial charge in [0, 0.05) is 44.1 Å². The summed E-state index contributed by atoms with van der Waals surface area (Å²) in [4.78, 5) is 28.8. The highest BCUT2D eigenvalue weighted by molar-refractivity contribution is 5.80. The molecule has 3 aliphatic rings. The van der Waals surface area contributed by atoms with Crippen LogP contribution in [0, 0.1) is 5.92 Å². The molecule has 3 saturated heterocycles. The summed E-state index contributed by atoms with van der Waals surface area (Å²) >= 11 is 0. The predicted octanol–water partition coefficient (Wildman–Crippen LogP) is 1.78. The van der Waals surface area contributed by atoms with Gasteiger partial charge in [-0.15, -0.1) is 0 Å². The van der Waals surface area contributed by atoms with Gasteiger partial charge in [-0.05, 0) is 52.1 Å². The lowest BCUT2D eigenvalue weighted by Gasteiger charge is -2.38. The van der Waals surface area contributed by atoms with Crippen LogP contribution < -0.4 is 4.90 Å². The van der Waals surface area contributed by atoms with Crippen molar-refractivity contribution < 1.29 is 4.79 Å². The van der Waals surface area contributed by atoms with Gasteiger partial charge in [0.15, 0.2) is 0 Å². The van der Waals surface area contributed by atoms with Crippen LogP contribution in [-0.2, 0) is 4.79 Å². The van der Waals surface area contributed by atoms with E-state index in [4.69, 9.17) is 0 Å². The maximum Gasteiger partial charge on any atom is 0.227 e. The van der Waals surface area contributed by atoms with Gasteiger partial charge in [-0.2, -0.15) is 0 Å². The van der Waals surface area contributed by atoms with Crippen LogP contribution in [0.5, 0.6) is 0 Å². The first-order chi connectivity index (χ1) is 12.2. The molecule has 3 fully saturated rings. The molecular weight excluding hydrogens is 314 g/mol. The van der Waals surface area contributed by atoms with E-state index in [0.717, 1.165) is 44.7 Å². The van der Waals surface area contributed by atoms with Crippen molar-refractivity contribution in [1.82, 2.24) is 19.8 Å². The van der Waals surface area contributed by atoms with E-state index in [9.17, 15) is 4.79 Å². The first-order valence-electron chi connectivity index (χ1n) is 9.76. The topological polar surface area (TPSA) is 52.6 Å². The Balaban J connectivity index is 1.44. The van der Waals surface area contributed by atoms with E-state index >= 15 is 0 Å². The number of hydrogen-bond donors (Lipinski definition) is 0. The monoisotopic (exact) mass is 343 g/mol. The molecule has 3 atom stereocenters. The Kier molecular flexibility index (Phi) is 4.88. The van der Waals surface area contributed by atoms with E-state index in [0.29, 0.717) is 18.0 Å². The second kappa shape index (κ2) is 7.28. The highest BCUT2D eigenvalue weighted by atomic mass is 16.2. The molecule has 0 saturated carbocycles. The van der Waals surface area contributed by atoms with Crippen LogP contribution in [0.25, 0.3) is 0 Å². The number of likely N-dealkylation sites (N-methyl/N-ethyl adjacent to an activating group) is 1. The summed E-state index contributed by atoms with van der Waals surface area (Å²) in [5.41, 5.74) is 0. The fraction of sp³-hybridized carbons (Fsp3) is 0.737. The van der Waals surface area contributed by atoms with Gasteiger partial charge >= 0.3 is 0 Å². The average molecular weight is 343 g/mol. The molecule has 6 heteroatoms. The molecule has 0 bridgehead atoms. The Morgan fingerprint density at radius 2 is 1.84 bits per heavy atom. The molecular formula is C19H29N5O. The van der Waals surface area contributed by atoms with Gasteiger partial charge in [0.05, 0.1) is 12.1 Å². The van der Waals surface area contributed by atoms with Crippen molar-refractivity contribution in [2.45, 2.75) is 50.6 Å². The van der Waals surface area contributed by atoms with Crippen molar-refractivity contribution in [1.29, 1.82) is 0 Å². The van der Waals surface area contributed by atoms with Crippen LogP contribution >= 0.6 is 0 Å². The summed E-state index contributed by atoms with van der Waals surface area (Å²) in [5.74, 6) is 1.37. The summed E-state index contributed by atoms with van der Waals surface area (Å²) < 4.78 is 0. The van der Waals surface area contributed by atoms with Crippen LogP contribution in [0.2, 0.25) is 0 Å². The average Bonchev–Trinajstić information content (AvgIpc) is 3.30. The second-order valence-corrected chi connectivity index (χ2v) is 7.78. The van der Waals surface area contributed by atoms with E-state index in [-0.39, 0.29) is 5.92 Å². The number of aromatic nitrogens is 2. The smallest absolute Gasteiger partial charge is 0.227 e. The minimum Gasteiger partial charge on any atom is -0.355 e. The highest BCUT2D eigenvalue weighted by Gasteiger charge is 2.41. The zero-order valence-corrected chi connectivity index (χ0v) is 15.2. The minimum absolute atomic E-state index is 0.100. The third kappa shape index (κ3) is 3.36. The third-order valence-electron chi connectivity index (χ3n) is 6.25. The summed E-state index contributed by atoms with van der Waals surface area (Å²) in [6.45, 7) is 3.86. The van der Waals surface area contributed by atoms with Crippen LogP contribution in [0.15, 0.2) is 18.6 Å². The second-order valence-electron chi connectivity index (χ2n) is 7.78. The molecule has 0 aliphatic carbocycles. The number of rotatable bonds is 3. The predicted molar refractivity (Wildman–Crippen MR) is 97.4 cm³/mol. The quantitative estimate of drug-likeness (QED) is 0.837. The first-order valence-corrected chi connectivity index (χ1v) is 9.76. The van der Waals surface area contributed by atoms with Gasteiger partial charge in [-0.1, -0.05) is 0 Å². The third-order valence-corrected chi connectivity index (χ3v) is 6.25. The number of nitrogens with zero attached hydrogens (tertiary/aromatic N) is 5. The van der Waals surface area contributed by atoms with Crippen molar-refractivity contribution >= 4 is 11.7 Å². The molecule has 136 valence electrons. The van der Waals surface area contributed by atoms with Gasteiger partial charge in [-0.3, -0.25) is 9.78 Å². The largest absolute Gasteiger partial charge is 0.355 e. The Morgan fingerprint density at radius 3 is 2.60 bits per heavy atom. The Hall–Kier alpha value is -1.69. The Bertz CT molecular complexity index is 595. The van der Waals surface area contributed by atoms with Crippen molar-refractivity contribution in [2.75, 3.05) is 38.1 Å². The minimum atomic E-state index is 0.100. The molecule has 0 aromatic carbocycles. The van der Waals surface area contributed by atoms with Crippen molar-refractivity contribution in [3.05, 3.63) is 18.6 Å². The fourth-order valence-corrected chi connectivity index (χ4v) is 4.96. The van der Waals surface area contributed by atoms with Crippen molar-refractivity contribution in [2.24, 2.45) is 5.92 Å². The molecule has 25 heavy (non-hydrogen) atoms. The maximum absolute atomic E-state index is 13.3. The van der Waals surface area contributed by atoms with E-state index in [1.54, 1.807) is 18.6 Å². The molecule has 4 rings (SSSR count). The van der Waals surface area contributed by atoms with Crippen molar-refractivity contribution in [3.63, 3.8) is 0 Å². The number of piperidine rings is 1. The number of hydrogen-bond acceptors (Lipinski definition) is 5. The normalized spacial score (nSPS) is 30.8. The van der Waals surface area contributed by atoms with E-state index in [1.807, 2.05) is 0 Å². The lowest BCUT2D eigenvalue weighted by atomic mass is 9.95. The molecule has 1 aromatic heterocycles. The van der Waals surface area contributed by atoms with Crippen LogP contribution in [0.4, 0.5) is 5.82 Å². The van der Waals surface area contributed by atoms with E-state index in [2.05, 4.69) is 31.7 Å². The zero-order valence-electron chi connectivity index (χ0n) is 15.2. The van der Waals surface area contributed by atoms with E-state index in [1.165, 1.54) is 25.8 Å². The number of carbonyl (C=O) groups is 1. The van der Waals surface area contributed by atoms with Crippen LogP contribution in [0.3, 0.4) is 0 Å². The molecule has 0 radical (unpaired) electrons. The lowest BCUT2D eigenvalue weighted by molar-refractivity contribution is -0.137. The fourth-order valence-electron chi connectivity index (χ4n) is 4.96. The van der Waals surface area contributed by atoms with Gasteiger partial charge in [0.25, 0.3) is 0 Å². The highest BCUT2D eigenvalue weighted by Crippen LogP contribution is 2.32. The summed E-state index contributed by atoms with van der Waals surface area (Å²) in [7, 11) is 2.22. The van der Waals surface area contributed by atoms with Gasteiger partial charge in [0.2, 0.25) is 5.91 Å². The van der Waals surface area contributed by atoms with Crippen LogP contribution in [-0.4, -0.2) is 71.0 Å². The van der Waals surface area contributed by atoms with Gasteiger partial charge < -0.3 is 14.7 Å². The molecule has 1 amide bonds. The van der Waals surface area contributed by atoms with E-state index < -0.39 is 0 Å².